The van der Waals surface area contributed by atoms with E-state index >= 15 is 0 Å². The van der Waals surface area contributed by atoms with Crippen molar-refractivity contribution in [1.82, 2.24) is 4.48 Å². The second-order valence-electron chi connectivity index (χ2n) is 4.93. The summed E-state index contributed by atoms with van der Waals surface area (Å²) in [5, 5.41) is 0. The van der Waals surface area contributed by atoms with Gasteiger partial charge in [-0.2, -0.15) is 4.48 Å². The van der Waals surface area contributed by atoms with E-state index in [0.717, 1.165) is 12.8 Å². The van der Waals surface area contributed by atoms with Crippen molar-refractivity contribution >= 4 is 5.69 Å². The fraction of sp³-hybridized carbons (Fsp3) is 0.600. The molecule has 0 aromatic heterocycles. The molecular formula is C15H23F3N+. The van der Waals surface area contributed by atoms with Crippen molar-refractivity contribution in [3.05, 3.63) is 30.3 Å². The van der Waals surface area contributed by atoms with Crippen LogP contribution in [0, 0.1) is 0 Å². The van der Waals surface area contributed by atoms with Crippen molar-refractivity contribution in [2.24, 2.45) is 0 Å². The summed E-state index contributed by atoms with van der Waals surface area (Å²) in [4.78, 5) is 0. The number of para-hydroxylation sites is 1. The Morgan fingerprint density at radius 2 is 1.37 bits per heavy atom. The molecule has 0 N–H and O–H groups in total. The first kappa shape index (κ1) is 16.0. The van der Waals surface area contributed by atoms with Crippen LogP contribution in [0.3, 0.4) is 0 Å². The lowest BCUT2D eigenvalue weighted by atomic mass is 10.1. The summed E-state index contributed by atoms with van der Waals surface area (Å²) in [5.74, 6) is 0. The number of hydrogen-bond donors (Lipinski definition) is 0. The molecular weight excluding hydrogens is 251 g/mol. The average Bonchev–Trinajstić information content (AvgIpc) is 2.39. The summed E-state index contributed by atoms with van der Waals surface area (Å²) in [6.45, 7) is 4.11. The van der Waals surface area contributed by atoms with Crippen molar-refractivity contribution in [3.63, 3.8) is 0 Å². The average molecular weight is 274 g/mol. The Bertz CT molecular complexity index is 351. The van der Waals surface area contributed by atoms with Crippen molar-refractivity contribution in [2.75, 3.05) is 13.1 Å². The van der Waals surface area contributed by atoms with Gasteiger partial charge in [0.05, 0.1) is 13.1 Å². The van der Waals surface area contributed by atoms with Gasteiger partial charge in [0.25, 0.3) is 0 Å². The first-order chi connectivity index (χ1) is 8.98. The van der Waals surface area contributed by atoms with Crippen LogP contribution in [0.4, 0.5) is 18.9 Å². The highest BCUT2D eigenvalue weighted by atomic mass is 19.4. The van der Waals surface area contributed by atoms with Gasteiger partial charge in [0.1, 0.15) is 5.69 Å². The van der Waals surface area contributed by atoms with E-state index in [4.69, 9.17) is 0 Å². The van der Waals surface area contributed by atoms with E-state index in [2.05, 4.69) is 0 Å². The number of halogens is 3. The van der Waals surface area contributed by atoms with Crippen LogP contribution >= 0.6 is 0 Å². The first-order valence-electron chi connectivity index (χ1n) is 6.97. The second-order valence-corrected chi connectivity index (χ2v) is 4.93. The third-order valence-electron chi connectivity index (χ3n) is 3.52. The van der Waals surface area contributed by atoms with Gasteiger partial charge < -0.3 is 0 Å². The van der Waals surface area contributed by atoms with Gasteiger partial charge in [-0.3, -0.25) is 0 Å². The first-order valence-corrected chi connectivity index (χ1v) is 6.97. The Morgan fingerprint density at radius 3 is 1.74 bits per heavy atom. The molecule has 0 heterocycles. The largest absolute Gasteiger partial charge is 0.566 e. The highest BCUT2D eigenvalue weighted by Crippen LogP contribution is 2.38. The highest BCUT2D eigenvalue weighted by Gasteiger charge is 2.55. The molecule has 1 rings (SSSR count). The molecule has 0 saturated heterocycles. The lowest BCUT2D eigenvalue weighted by molar-refractivity contribution is -0.239. The number of alkyl halides is 3. The lowest BCUT2D eigenvalue weighted by Crippen LogP contribution is -2.60. The van der Waals surface area contributed by atoms with Crippen molar-refractivity contribution in [2.45, 2.75) is 45.8 Å². The standard InChI is InChI=1S/C15H23F3N/c1-3-5-12-19(13-6-4-2,15(16,17)18)14-10-8-7-9-11-14/h7-11H,3-6,12-13H2,1-2H3/q+1. The van der Waals surface area contributed by atoms with E-state index in [1.165, 1.54) is 0 Å². The molecule has 108 valence electrons. The minimum Gasteiger partial charge on any atom is -0.199 e. The molecule has 19 heavy (non-hydrogen) atoms. The van der Waals surface area contributed by atoms with Gasteiger partial charge >= 0.3 is 6.30 Å². The molecule has 1 nitrogen and oxygen atoms in total. The van der Waals surface area contributed by atoms with Crippen LogP contribution in [-0.4, -0.2) is 19.4 Å². The van der Waals surface area contributed by atoms with Crippen LogP contribution in [0.2, 0.25) is 0 Å². The number of unbranched alkanes of at least 4 members (excludes halogenated alkanes) is 2. The summed E-state index contributed by atoms with van der Waals surface area (Å²) < 4.78 is 40.2. The molecule has 1 aromatic carbocycles. The van der Waals surface area contributed by atoms with E-state index in [1.54, 1.807) is 30.3 Å². The molecule has 0 aliphatic rings. The van der Waals surface area contributed by atoms with Gasteiger partial charge in [-0.1, -0.05) is 44.9 Å². The number of nitrogens with zero attached hydrogens (tertiary/aromatic N) is 1. The van der Waals surface area contributed by atoms with Crippen LogP contribution in [0.15, 0.2) is 30.3 Å². The molecule has 0 bridgehead atoms. The zero-order valence-electron chi connectivity index (χ0n) is 11.7. The van der Waals surface area contributed by atoms with E-state index in [1.807, 2.05) is 13.8 Å². The van der Waals surface area contributed by atoms with Crippen molar-refractivity contribution < 1.29 is 13.2 Å². The summed E-state index contributed by atoms with van der Waals surface area (Å²) in [6.07, 6.45) is -1.54. The number of hydrogen-bond acceptors (Lipinski definition) is 0. The predicted octanol–water partition coefficient (Wildman–Crippen LogP) is 5.11. The predicted molar refractivity (Wildman–Crippen MR) is 73.8 cm³/mol. The number of benzene rings is 1. The van der Waals surface area contributed by atoms with Gasteiger partial charge in [-0.15, -0.1) is 13.2 Å². The Hall–Kier alpha value is -1.03. The zero-order chi connectivity index (χ0) is 14.4. The van der Waals surface area contributed by atoms with E-state index in [9.17, 15) is 13.2 Å². The lowest BCUT2D eigenvalue weighted by Gasteiger charge is -2.38. The van der Waals surface area contributed by atoms with Crippen molar-refractivity contribution in [3.8, 4) is 0 Å². The van der Waals surface area contributed by atoms with Gasteiger partial charge in [0, 0.05) is 0 Å². The maximum Gasteiger partial charge on any atom is 0.566 e. The SMILES string of the molecule is CCCC[N+](CCCC)(c1ccccc1)C(F)(F)F. The molecule has 1 aromatic rings. The zero-order valence-corrected chi connectivity index (χ0v) is 11.7. The van der Waals surface area contributed by atoms with Crippen molar-refractivity contribution in [1.29, 1.82) is 0 Å². The van der Waals surface area contributed by atoms with E-state index < -0.39 is 10.8 Å². The molecule has 4 heteroatoms. The van der Waals surface area contributed by atoms with Gasteiger partial charge in [-0.25, -0.2) is 0 Å². The summed E-state index contributed by atoms with van der Waals surface area (Å²) in [6, 6.07) is 8.32. The minimum atomic E-state index is -4.24. The van der Waals surface area contributed by atoms with Gasteiger partial charge in [-0.05, 0) is 25.0 Å². The van der Waals surface area contributed by atoms with Gasteiger partial charge in [0.2, 0.25) is 0 Å². The summed E-state index contributed by atoms with van der Waals surface area (Å²) in [7, 11) is 0. The van der Waals surface area contributed by atoms with Crippen LogP contribution in [0.25, 0.3) is 0 Å². The molecule has 0 radical (unpaired) electrons. The second kappa shape index (κ2) is 6.94. The Kier molecular flexibility index (Phi) is 5.85. The Balaban J connectivity index is 3.18. The van der Waals surface area contributed by atoms with E-state index in [0.29, 0.717) is 18.5 Å². The normalized spacial score (nSPS) is 12.7. The molecule has 0 unspecified atom stereocenters. The number of rotatable bonds is 7. The fourth-order valence-corrected chi connectivity index (χ4v) is 2.34. The molecule has 0 amide bonds. The van der Waals surface area contributed by atoms with Crippen LogP contribution in [0.1, 0.15) is 39.5 Å². The Labute approximate surface area is 113 Å². The van der Waals surface area contributed by atoms with E-state index in [-0.39, 0.29) is 13.1 Å². The fourth-order valence-electron chi connectivity index (χ4n) is 2.34. The summed E-state index contributed by atoms with van der Waals surface area (Å²) in [5.41, 5.74) is 0.358. The third kappa shape index (κ3) is 3.72. The number of quaternary nitrogens is 1. The minimum absolute atomic E-state index is 0.129. The monoisotopic (exact) mass is 274 g/mol. The molecule has 0 aliphatic carbocycles. The molecule has 0 atom stereocenters. The van der Waals surface area contributed by atoms with Gasteiger partial charge in [0.15, 0.2) is 0 Å². The topological polar surface area (TPSA) is 0 Å². The molecule has 0 aliphatic heterocycles. The van der Waals surface area contributed by atoms with Crippen LogP contribution in [0.5, 0.6) is 0 Å². The smallest absolute Gasteiger partial charge is 0.199 e. The molecule has 0 fully saturated rings. The quantitative estimate of drug-likeness (QED) is 0.478. The maximum atomic E-state index is 13.7. The Morgan fingerprint density at radius 1 is 0.895 bits per heavy atom. The third-order valence-corrected chi connectivity index (χ3v) is 3.52. The van der Waals surface area contributed by atoms with Crippen LogP contribution in [-0.2, 0) is 0 Å². The molecule has 0 spiro atoms. The highest BCUT2D eigenvalue weighted by molar-refractivity contribution is 5.43. The summed E-state index contributed by atoms with van der Waals surface area (Å²) >= 11 is 0. The van der Waals surface area contributed by atoms with Crippen LogP contribution < -0.4 is 4.48 Å². The molecule has 0 saturated carbocycles. The maximum absolute atomic E-state index is 13.7.